The molecule has 0 aliphatic rings. The van der Waals surface area contributed by atoms with Crippen molar-refractivity contribution in [1.29, 1.82) is 0 Å². The molecule has 0 aliphatic heterocycles. The van der Waals surface area contributed by atoms with Crippen LogP contribution < -0.4 is 5.32 Å². The van der Waals surface area contributed by atoms with Crippen LogP contribution in [0.2, 0.25) is 5.28 Å². The summed E-state index contributed by atoms with van der Waals surface area (Å²) in [6, 6.07) is 4.64. The standard InChI is InChI=1S/C13H16ClN3S/c1-8-7-15-13(14)17-12(8)16-9(2)6-11-5-4-10(3)18-11/h4-5,7,9H,6H2,1-3H3,(H,15,16,17). The number of rotatable bonds is 4. The second-order valence-corrected chi connectivity index (χ2v) is 6.14. The highest BCUT2D eigenvalue weighted by Gasteiger charge is 2.08. The van der Waals surface area contributed by atoms with Crippen LogP contribution in [0.25, 0.3) is 0 Å². The van der Waals surface area contributed by atoms with Crippen LogP contribution in [0.3, 0.4) is 0 Å². The van der Waals surface area contributed by atoms with Gasteiger partial charge in [-0.3, -0.25) is 0 Å². The Bertz CT molecular complexity index is 539. The lowest BCUT2D eigenvalue weighted by Gasteiger charge is -2.15. The highest BCUT2D eigenvalue weighted by atomic mass is 35.5. The number of thiophene rings is 1. The van der Waals surface area contributed by atoms with Gasteiger partial charge in [-0.15, -0.1) is 11.3 Å². The Balaban J connectivity index is 2.02. The Labute approximate surface area is 116 Å². The third-order valence-corrected chi connectivity index (χ3v) is 3.83. The first kappa shape index (κ1) is 13.3. The number of nitrogens with zero attached hydrogens (tertiary/aromatic N) is 2. The molecule has 1 atom stereocenters. The first-order valence-electron chi connectivity index (χ1n) is 5.85. The Hall–Kier alpha value is -1.13. The Morgan fingerprint density at radius 1 is 1.39 bits per heavy atom. The topological polar surface area (TPSA) is 37.8 Å². The zero-order valence-corrected chi connectivity index (χ0v) is 12.3. The minimum atomic E-state index is 0.280. The molecular formula is C13H16ClN3S. The normalized spacial score (nSPS) is 12.4. The molecule has 18 heavy (non-hydrogen) atoms. The van der Waals surface area contributed by atoms with Crippen LogP contribution in [0.1, 0.15) is 22.2 Å². The van der Waals surface area contributed by atoms with Crippen molar-refractivity contribution < 1.29 is 0 Å². The van der Waals surface area contributed by atoms with E-state index in [9.17, 15) is 0 Å². The van der Waals surface area contributed by atoms with Crippen molar-refractivity contribution >= 4 is 28.8 Å². The van der Waals surface area contributed by atoms with Gasteiger partial charge in [-0.1, -0.05) is 0 Å². The summed E-state index contributed by atoms with van der Waals surface area (Å²) in [7, 11) is 0. The average molecular weight is 282 g/mol. The Morgan fingerprint density at radius 3 is 2.83 bits per heavy atom. The number of aryl methyl sites for hydroxylation is 2. The predicted molar refractivity (Wildman–Crippen MR) is 77.6 cm³/mol. The van der Waals surface area contributed by atoms with Gasteiger partial charge in [0.1, 0.15) is 5.82 Å². The molecule has 5 heteroatoms. The van der Waals surface area contributed by atoms with Gasteiger partial charge in [0.15, 0.2) is 0 Å². The van der Waals surface area contributed by atoms with E-state index in [-0.39, 0.29) is 5.28 Å². The Morgan fingerprint density at radius 2 is 2.17 bits per heavy atom. The summed E-state index contributed by atoms with van der Waals surface area (Å²) >= 11 is 7.64. The van der Waals surface area contributed by atoms with Crippen LogP contribution in [-0.2, 0) is 6.42 Å². The van der Waals surface area contributed by atoms with E-state index in [1.165, 1.54) is 9.75 Å². The molecule has 2 aromatic rings. The molecule has 0 bridgehead atoms. The van der Waals surface area contributed by atoms with E-state index in [0.717, 1.165) is 17.8 Å². The molecule has 0 spiro atoms. The van der Waals surface area contributed by atoms with Crippen LogP contribution >= 0.6 is 22.9 Å². The summed E-state index contributed by atoms with van der Waals surface area (Å²) in [5.74, 6) is 0.816. The van der Waals surface area contributed by atoms with Gasteiger partial charge < -0.3 is 5.32 Å². The highest BCUT2D eigenvalue weighted by Crippen LogP contribution is 2.19. The fourth-order valence-corrected chi connectivity index (χ4v) is 2.90. The second kappa shape index (κ2) is 5.67. The molecule has 1 unspecified atom stereocenters. The summed E-state index contributed by atoms with van der Waals surface area (Å²) in [6.45, 7) is 6.24. The van der Waals surface area contributed by atoms with Crippen LogP contribution in [0.5, 0.6) is 0 Å². The summed E-state index contributed by atoms with van der Waals surface area (Å²) < 4.78 is 0. The number of nitrogens with one attached hydrogen (secondary N) is 1. The van der Waals surface area contributed by atoms with E-state index in [4.69, 9.17) is 11.6 Å². The van der Waals surface area contributed by atoms with Gasteiger partial charge in [0.2, 0.25) is 5.28 Å². The van der Waals surface area contributed by atoms with Gasteiger partial charge >= 0.3 is 0 Å². The molecule has 0 aliphatic carbocycles. The first-order valence-corrected chi connectivity index (χ1v) is 7.05. The molecule has 0 radical (unpaired) electrons. The van der Waals surface area contributed by atoms with E-state index in [2.05, 4.69) is 41.3 Å². The second-order valence-electron chi connectivity index (χ2n) is 4.43. The summed E-state index contributed by atoms with van der Waals surface area (Å²) in [4.78, 5) is 10.9. The first-order chi connectivity index (χ1) is 8.54. The average Bonchev–Trinajstić information content (AvgIpc) is 2.69. The minimum Gasteiger partial charge on any atom is -0.367 e. The van der Waals surface area contributed by atoms with E-state index in [1.807, 2.05) is 18.3 Å². The van der Waals surface area contributed by atoms with Crippen molar-refractivity contribution in [3.05, 3.63) is 38.9 Å². The molecule has 0 amide bonds. The predicted octanol–water partition coefficient (Wildman–Crippen LogP) is 3.85. The molecule has 2 aromatic heterocycles. The van der Waals surface area contributed by atoms with Crippen LogP contribution in [0.15, 0.2) is 18.3 Å². The number of aromatic nitrogens is 2. The molecule has 96 valence electrons. The summed E-state index contributed by atoms with van der Waals surface area (Å²) in [5, 5.41) is 3.66. The van der Waals surface area contributed by atoms with E-state index < -0.39 is 0 Å². The fourth-order valence-electron chi connectivity index (χ4n) is 1.75. The maximum absolute atomic E-state index is 5.80. The largest absolute Gasteiger partial charge is 0.367 e. The van der Waals surface area contributed by atoms with Gasteiger partial charge in [0.05, 0.1) is 0 Å². The van der Waals surface area contributed by atoms with Gasteiger partial charge in [-0.25, -0.2) is 9.97 Å². The number of halogens is 1. The van der Waals surface area contributed by atoms with Crippen molar-refractivity contribution in [2.45, 2.75) is 33.2 Å². The fraction of sp³-hybridized carbons (Fsp3) is 0.385. The third-order valence-electron chi connectivity index (χ3n) is 2.63. The molecule has 3 nitrogen and oxygen atoms in total. The summed E-state index contributed by atoms with van der Waals surface area (Å²) in [6.07, 6.45) is 2.72. The lowest BCUT2D eigenvalue weighted by Crippen LogP contribution is -2.19. The maximum Gasteiger partial charge on any atom is 0.224 e. The Kier molecular flexibility index (Phi) is 4.19. The van der Waals surface area contributed by atoms with Crippen LogP contribution in [-0.4, -0.2) is 16.0 Å². The van der Waals surface area contributed by atoms with Crippen molar-refractivity contribution in [1.82, 2.24) is 9.97 Å². The molecule has 2 heterocycles. The molecule has 0 saturated carbocycles. The smallest absolute Gasteiger partial charge is 0.224 e. The summed E-state index contributed by atoms with van der Waals surface area (Å²) in [5.41, 5.74) is 1.01. The number of hydrogen-bond acceptors (Lipinski definition) is 4. The molecular weight excluding hydrogens is 266 g/mol. The maximum atomic E-state index is 5.80. The molecule has 2 rings (SSSR count). The lowest BCUT2D eigenvalue weighted by atomic mass is 10.2. The number of anilines is 1. The SMILES string of the molecule is Cc1ccc(CC(C)Nc2nc(Cl)ncc2C)s1. The molecule has 0 aromatic carbocycles. The zero-order valence-electron chi connectivity index (χ0n) is 10.7. The lowest BCUT2D eigenvalue weighted by molar-refractivity contribution is 0.791. The van der Waals surface area contributed by atoms with E-state index >= 15 is 0 Å². The van der Waals surface area contributed by atoms with Crippen molar-refractivity contribution in [2.24, 2.45) is 0 Å². The third kappa shape index (κ3) is 3.43. The van der Waals surface area contributed by atoms with Crippen LogP contribution in [0.4, 0.5) is 5.82 Å². The minimum absolute atomic E-state index is 0.280. The van der Waals surface area contributed by atoms with Gasteiger partial charge in [0, 0.05) is 34.0 Å². The van der Waals surface area contributed by atoms with Gasteiger partial charge in [0.25, 0.3) is 0 Å². The monoisotopic (exact) mass is 281 g/mol. The van der Waals surface area contributed by atoms with Gasteiger partial charge in [-0.05, 0) is 44.5 Å². The van der Waals surface area contributed by atoms with E-state index in [1.54, 1.807) is 6.20 Å². The van der Waals surface area contributed by atoms with Crippen molar-refractivity contribution in [3.63, 3.8) is 0 Å². The molecule has 0 saturated heterocycles. The molecule has 0 fully saturated rings. The quantitative estimate of drug-likeness (QED) is 0.865. The van der Waals surface area contributed by atoms with Crippen molar-refractivity contribution in [2.75, 3.05) is 5.32 Å². The van der Waals surface area contributed by atoms with E-state index in [0.29, 0.717) is 6.04 Å². The van der Waals surface area contributed by atoms with Crippen molar-refractivity contribution in [3.8, 4) is 0 Å². The van der Waals surface area contributed by atoms with Gasteiger partial charge in [-0.2, -0.15) is 0 Å². The highest BCUT2D eigenvalue weighted by molar-refractivity contribution is 7.11. The van der Waals surface area contributed by atoms with Crippen LogP contribution in [0, 0.1) is 13.8 Å². The number of hydrogen-bond donors (Lipinski definition) is 1. The molecule has 1 N–H and O–H groups in total. The zero-order chi connectivity index (χ0) is 13.1.